The molecule has 0 aromatic heterocycles. The van der Waals surface area contributed by atoms with E-state index in [0.717, 1.165) is 12.0 Å². The molecule has 0 bridgehead atoms. The molecule has 15 heavy (non-hydrogen) atoms. The number of nitrogens with one attached hydrogen (secondary N) is 1. The molecule has 0 saturated heterocycles. The fourth-order valence-corrected chi connectivity index (χ4v) is 1.49. The number of benzene rings is 1. The van der Waals surface area contributed by atoms with E-state index in [2.05, 4.69) is 5.32 Å². The van der Waals surface area contributed by atoms with Crippen molar-refractivity contribution in [3.63, 3.8) is 0 Å². The summed E-state index contributed by atoms with van der Waals surface area (Å²) in [6, 6.07) is 5.34. The molecular formula is C11H13Cl2NO. The summed E-state index contributed by atoms with van der Waals surface area (Å²) in [7, 11) is 0. The summed E-state index contributed by atoms with van der Waals surface area (Å²) in [6.07, 6.45) is 1.41. The molecule has 0 aliphatic carbocycles. The molecule has 1 amide bonds. The average molecular weight is 246 g/mol. The molecular weight excluding hydrogens is 233 g/mol. The van der Waals surface area contributed by atoms with Gasteiger partial charge in [-0.25, -0.2) is 0 Å². The molecule has 82 valence electrons. The Bertz CT molecular complexity index is 352. The van der Waals surface area contributed by atoms with Crippen LogP contribution in [0.25, 0.3) is 0 Å². The van der Waals surface area contributed by atoms with E-state index >= 15 is 0 Å². The SMILES string of the molecule is CCCC(=O)NCc1ccc(Cl)c(Cl)c1. The highest BCUT2D eigenvalue weighted by Gasteiger charge is 2.01. The van der Waals surface area contributed by atoms with Gasteiger partial charge in [0.25, 0.3) is 0 Å². The van der Waals surface area contributed by atoms with Gasteiger partial charge < -0.3 is 5.32 Å². The highest BCUT2D eigenvalue weighted by molar-refractivity contribution is 6.42. The number of hydrogen-bond acceptors (Lipinski definition) is 1. The van der Waals surface area contributed by atoms with Crippen LogP contribution >= 0.6 is 23.2 Å². The molecule has 1 aromatic carbocycles. The molecule has 4 heteroatoms. The number of carbonyl (C=O) groups is 1. The summed E-state index contributed by atoms with van der Waals surface area (Å²) in [4.78, 5) is 11.2. The minimum Gasteiger partial charge on any atom is -0.352 e. The second kappa shape index (κ2) is 5.99. The van der Waals surface area contributed by atoms with Crippen molar-refractivity contribution in [2.75, 3.05) is 0 Å². The molecule has 1 aromatic rings. The Morgan fingerprint density at radius 1 is 1.33 bits per heavy atom. The topological polar surface area (TPSA) is 29.1 Å². The van der Waals surface area contributed by atoms with E-state index in [0.29, 0.717) is 23.0 Å². The lowest BCUT2D eigenvalue weighted by Crippen LogP contribution is -2.21. The van der Waals surface area contributed by atoms with Gasteiger partial charge in [-0.05, 0) is 24.1 Å². The first-order valence-corrected chi connectivity index (χ1v) is 5.59. The standard InChI is InChI=1S/C11H13Cl2NO/c1-2-3-11(15)14-7-8-4-5-9(12)10(13)6-8/h4-6H,2-3,7H2,1H3,(H,14,15). The van der Waals surface area contributed by atoms with Gasteiger partial charge in [0.15, 0.2) is 0 Å². The molecule has 1 rings (SSSR count). The van der Waals surface area contributed by atoms with Gasteiger partial charge in [-0.15, -0.1) is 0 Å². The maximum absolute atomic E-state index is 11.2. The van der Waals surface area contributed by atoms with Gasteiger partial charge in [0.2, 0.25) is 5.91 Å². The highest BCUT2D eigenvalue weighted by atomic mass is 35.5. The normalized spacial score (nSPS) is 10.1. The van der Waals surface area contributed by atoms with Gasteiger partial charge in [0, 0.05) is 13.0 Å². The van der Waals surface area contributed by atoms with Gasteiger partial charge in [-0.1, -0.05) is 36.2 Å². The Balaban J connectivity index is 2.51. The second-order valence-corrected chi connectivity index (χ2v) is 4.09. The van der Waals surface area contributed by atoms with Crippen LogP contribution in [-0.2, 0) is 11.3 Å². The van der Waals surface area contributed by atoms with Crippen molar-refractivity contribution in [2.45, 2.75) is 26.3 Å². The molecule has 2 nitrogen and oxygen atoms in total. The van der Waals surface area contributed by atoms with Gasteiger partial charge in [-0.3, -0.25) is 4.79 Å². The predicted molar refractivity (Wildman–Crippen MR) is 63.2 cm³/mol. The minimum atomic E-state index is 0.0589. The third kappa shape index (κ3) is 4.10. The molecule has 0 saturated carbocycles. The van der Waals surface area contributed by atoms with Crippen molar-refractivity contribution in [1.82, 2.24) is 5.32 Å². The summed E-state index contributed by atoms with van der Waals surface area (Å²) in [5, 5.41) is 3.85. The Labute approximate surface area is 99.6 Å². The fourth-order valence-electron chi connectivity index (χ4n) is 1.17. The summed E-state index contributed by atoms with van der Waals surface area (Å²) < 4.78 is 0. The Kier molecular flexibility index (Phi) is 4.92. The van der Waals surface area contributed by atoms with E-state index in [1.165, 1.54) is 0 Å². The van der Waals surface area contributed by atoms with Crippen molar-refractivity contribution in [3.8, 4) is 0 Å². The van der Waals surface area contributed by atoms with E-state index in [-0.39, 0.29) is 5.91 Å². The van der Waals surface area contributed by atoms with Crippen LogP contribution in [0.3, 0.4) is 0 Å². The summed E-state index contributed by atoms with van der Waals surface area (Å²) in [6.45, 7) is 2.47. The molecule has 0 aliphatic rings. The van der Waals surface area contributed by atoms with E-state index < -0.39 is 0 Å². The first-order valence-electron chi connectivity index (χ1n) is 4.84. The smallest absolute Gasteiger partial charge is 0.220 e. The molecule has 0 spiro atoms. The zero-order valence-corrected chi connectivity index (χ0v) is 10.0. The Morgan fingerprint density at radius 3 is 2.67 bits per heavy atom. The molecule has 0 aliphatic heterocycles. The van der Waals surface area contributed by atoms with Crippen molar-refractivity contribution in [3.05, 3.63) is 33.8 Å². The van der Waals surface area contributed by atoms with Gasteiger partial charge in [0.1, 0.15) is 0 Å². The first-order chi connectivity index (χ1) is 7.13. The van der Waals surface area contributed by atoms with Crippen LogP contribution in [0.5, 0.6) is 0 Å². The monoisotopic (exact) mass is 245 g/mol. The van der Waals surface area contributed by atoms with Crippen molar-refractivity contribution < 1.29 is 4.79 Å². The van der Waals surface area contributed by atoms with E-state index in [1.54, 1.807) is 12.1 Å². The van der Waals surface area contributed by atoms with Gasteiger partial charge in [-0.2, -0.15) is 0 Å². The van der Waals surface area contributed by atoms with Crippen molar-refractivity contribution in [2.24, 2.45) is 0 Å². The molecule has 0 atom stereocenters. The second-order valence-electron chi connectivity index (χ2n) is 3.28. The average Bonchev–Trinajstić information content (AvgIpc) is 2.20. The van der Waals surface area contributed by atoms with Crippen LogP contribution in [0, 0.1) is 0 Å². The van der Waals surface area contributed by atoms with Crippen LogP contribution in [0.2, 0.25) is 10.0 Å². The number of hydrogen-bond donors (Lipinski definition) is 1. The third-order valence-corrected chi connectivity index (χ3v) is 2.69. The van der Waals surface area contributed by atoms with E-state index in [4.69, 9.17) is 23.2 Å². The van der Waals surface area contributed by atoms with Gasteiger partial charge in [0.05, 0.1) is 10.0 Å². The predicted octanol–water partition coefficient (Wildman–Crippen LogP) is 3.41. The van der Waals surface area contributed by atoms with Crippen molar-refractivity contribution in [1.29, 1.82) is 0 Å². The van der Waals surface area contributed by atoms with Gasteiger partial charge >= 0.3 is 0 Å². The molecule has 1 N–H and O–H groups in total. The number of carbonyl (C=O) groups excluding carboxylic acids is 1. The first kappa shape index (κ1) is 12.3. The molecule has 0 unspecified atom stereocenters. The lowest BCUT2D eigenvalue weighted by atomic mass is 10.2. The number of halogens is 2. The Hall–Kier alpha value is -0.730. The van der Waals surface area contributed by atoms with Crippen LogP contribution in [-0.4, -0.2) is 5.91 Å². The fraction of sp³-hybridized carbons (Fsp3) is 0.364. The van der Waals surface area contributed by atoms with Crippen molar-refractivity contribution >= 4 is 29.1 Å². The molecule has 0 heterocycles. The highest BCUT2D eigenvalue weighted by Crippen LogP contribution is 2.22. The van der Waals surface area contributed by atoms with E-state index in [9.17, 15) is 4.79 Å². The van der Waals surface area contributed by atoms with Crippen LogP contribution < -0.4 is 5.32 Å². The van der Waals surface area contributed by atoms with E-state index in [1.807, 2.05) is 13.0 Å². The summed E-state index contributed by atoms with van der Waals surface area (Å²) in [5.74, 6) is 0.0589. The number of amides is 1. The largest absolute Gasteiger partial charge is 0.352 e. The summed E-state index contributed by atoms with van der Waals surface area (Å²) >= 11 is 11.6. The molecule has 0 radical (unpaired) electrons. The lowest BCUT2D eigenvalue weighted by molar-refractivity contribution is -0.121. The zero-order valence-electron chi connectivity index (χ0n) is 8.52. The van der Waals surface area contributed by atoms with Crippen LogP contribution in [0.4, 0.5) is 0 Å². The maximum atomic E-state index is 11.2. The quantitative estimate of drug-likeness (QED) is 0.866. The zero-order chi connectivity index (χ0) is 11.3. The third-order valence-electron chi connectivity index (χ3n) is 1.95. The van der Waals surface area contributed by atoms with Crippen LogP contribution in [0.15, 0.2) is 18.2 Å². The number of rotatable bonds is 4. The van der Waals surface area contributed by atoms with Crippen LogP contribution in [0.1, 0.15) is 25.3 Å². The Morgan fingerprint density at radius 2 is 2.07 bits per heavy atom. The molecule has 0 fully saturated rings. The summed E-state index contributed by atoms with van der Waals surface area (Å²) in [5.41, 5.74) is 0.953. The minimum absolute atomic E-state index is 0.0589. The maximum Gasteiger partial charge on any atom is 0.220 e. The lowest BCUT2D eigenvalue weighted by Gasteiger charge is -2.05.